The van der Waals surface area contributed by atoms with Crippen molar-refractivity contribution in [3.8, 4) is 0 Å². The molecule has 2 aliphatic rings. The fourth-order valence-electron chi connectivity index (χ4n) is 4.83. The molecule has 0 spiro atoms. The molecule has 1 heterocycles. The van der Waals surface area contributed by atoms with Gasteiger partial charge in [0.25, 0.3) is 6.43 Å². The summed E-state index contributed by atoms with van der Waals surface area (Å²) in [7, 11) is 0. The molecule has 1 aliphatic carbocycles. The van der Waals surface area contributed by atoms with E-state index in [-0.39, 0.29) is 12.0 Å². The first kappa shape index (κ1) is 22.1. The zero-order chi connectivity index (χ0) is 20.8. The second-order valence-electron chi connectivity index (χ2n) is 8.58. The molecule has 1 aliphatic heterocycles. The summed E-state index contributed by atoms with van der Waals surface area (Å²) in [5, 5.41) is 0. The Morgan fingerprint density at radius 1 is 1.14 bits per heavy atom. The van der Waals surface area contributed by atoms with Crippen molar-refractivity contribution >= 4 is 6.08 Å². The second-order valence-corrected chi connectivity index (χ2v) is 8.58. The van der Waals surface area contributed by atoms with E-state index in [4.69, 9.17) is 4.74 Å². The van der Waals surface area contributed by atoms with Crippen LogP contribution < -0.4 is 0 Å². The summed E-state index contributed by atoms with van der Waals surface area (Å²) in [4.78, 5) is 0. The van der Waals surface area contributed by atoms with Crippen LogP contribution in [0.3, 0.4) is 0 Å². The Hall–Kier alpha value is -1.55. The van der Waals surface area contributed by atoms with Gasteiger partial charge in [-0.15, -0.1) is 6.58 Å². The zero-order valence-electron chi connectivity index (χ0n) is 17.4. The van der Waals surface area contributed by atoms with Gasteiger partial charge >= 0.3 is 0 Å². The zero-order valence-corrected chi connectivity index (χ0v) is 17.4. The Morgan fingerprint density at radius 3 is 2.48 bits per heavy atom. The van der Waals surface area contributed by atoms with E-state index in [0.29, 0.717) is 30.1 Å². The third-order valence-electron chi connectivity index (χ3n) is 6.61. The first-order valence-electron chi connectivity index (χ1n) is 11.1. The van der Waals surface area contributed by atoms with Crippen LogP contribution >= 0.6 is 0 Å². The molecule has 0 N–H and O–H groups in total. The van der Waals surface area contributed by atoms with Gasteiger partial charge in [-0.25, -0.2) is 13.2 Å². The lowest BCUT2D eigenvalue weighted by atomic mass is 9.80. The Balaban J connectivity index is 1.73. The number of halogens is 3. The lowest BCUT2D eigenvalue weighted by Gasteiger charge is -2.28. The molecule has 0 amide bonds. The first-order chi connectivity index (χ1) is 14.0. The summed E-state index contributed by atoms with van der Waals surface area (Å²) < 4.78 is 48.2. The number of rotatable bonds is 7. The molecule has 2 unspecified atom stereocenters. The highest BCUT2D eigenvalue weighted by molar-refractivity contribution is 5.56. The van der Waals surface area contributed by atoms with Crippen LogP contribution in [0, 0.1) is 17.7 Å². The maximum absolute atomic E-state index is 15.1. The Labute approximate surface area is 173 Å². The lowest BCUT2D eigenvalue weighted by Crippen LogP contribution is -2.24. The summed E-state index contributed by atoms with van der Waals surface area (Å²) in [6.07, 6.45) is 11.1. The molecule has 1 saturated carbocycles. The van der Waals surface area contributed by atoms with E-state index in [1.54, 1.807) is 24.3 Å². The SMILES string of the molecule is C=CC1CCC(c2ccc(/C=C/C3CCC(CCC)CC3)c(C(F)F)c2F)CO1. The Kier molecular flexibility index (Phi) is 7.99. The molecule has 1 aromatic carbocycles. The molecule has 29 heavy (non-hydrogen) atoms. The van der Waals surface area contributed by atoms with Crippen LogP contribution in [0.15, 0.2) is 30.9 Å². The fraction of sp³-hybridized carbons (Fsp3) is 0.600. The largest absolute Gasteiger partial charge is 0.374 e. The highest BCUT2D eigenvalue weighted by Gasteiger charge is 2.28. The maximum Gasteiger partial charge on any atom is 0.267 e. The number of alkyl halides is 2. The standard InChI is InChI=1S/C25H33F3O/c1-3-5-17-6-8-18(9-7-17)10-11-19-13-15-22(24(26)23(19)25(27)28)20-12-14-21(4-2)29-16-20/h4,10-11,13,15,17-18,20-21,25H,2-3,5-9,12,14,16H2,1H3/b11-10+. The molecule has 1 nitrogen and oxygen atoms in total. The first-order valence-corrected chi connectivity index (χ1v) is 11.1. The van der Waals surface area contributed by atoms with E-state index in [0.717, 1.165) is 25.2 Å². The van der Waals surface area contributed by atoms with Crippen LogP contribution in [0.2, 0.25) is 0 Å². The van der Waals surface area contributed by atoms with Crippen molar-refractivity contribution in [1.82, 2.24) is 0 Å². The molecule has 160 valence electrons. The highest BCUT2D eigenvalue weighted by atomic mass is 19.3. The van der Waals surface area contributed by atoms with E-state index in [1.807, 2.05) is 6.08 Å². The third kappa shape index (κ3) is 5.53. The minimum absolute atomic E-state index is 0.0292. The molecule has 1 aromatic rings. The van der Waals surface area contributed by atoms with Crippen LogP contribution in [0.25, 0.3) is 6.08 Å². The minimum Gasteiger partial charge on any atom is -0.374 e. The summed E-state index contributed by atoms with van der Waals surface area (Å²) in [5.74, 6) is 0.255. The monoisotopic (exact) mass is 406 g/mol. The third-order valence-corrected chi connectivity index (χ3v) is 6.61. The summed E-state index contributed by atoms with van der Waals surface area (Å²) in [5.41, 5.74) is 0.182. The molecule has 3 rings (SSSR count). The van der Waals surface area contributed by atoms with Gasteiger partial charge in [0.2, 0.25) is 0 Å². The van der Waals surface area contributed by atoms with Crippen molar-refractivity contribution in [3.63, 3.8) is 0 Å². The number of ether oxygens (including phenoxy) is 1. The molecule has 4 heteroatoms. The molecule has 2 fully saturated rings. The quantitative estimate of drug-likeness (QED) is 0.419. The van der Waals surface area contributed by atoms with Gasteiger partial charge in [-0.1, -0.05) is 50.1 Å². The van der Waals surface area contributed by atoms with Crippen molar-refractivity contribution in [1.29, 1.82) is 0 Å². The van der Waals surface area contributed by atoms with Gasteiger partial charge in [0.15, 0.2) is 0 Å². The molecule has 0 bridgehead atoms. The van der Waals surface area contributed by atoms with Gasteiger partial charge in [0, 0.05) is 5.92 Å². The van der Waals surface area contributed by atoms with Gasteiger partial charge < -0.3 is 4.74 Å². The predicted molar refractivity (Wildman–Crippen MR) is 113 cm³/mol. The van der Waals surface area contributed by atoms with Crippen LogP contribution in [-0.4, -0.2) is 12.7 Å². The highest BCUT2D eigenvalue weighted by Crippen LogP contribution is 2.37. The number of allylic oxidation sites excluding steroid dienone is 1. The van der Waals surface area contributed by atoms with E-state index in [2.05, 4.69) is 13.5 Å². The smallest absolute Gasteiger partial charge is 0.267 e. The van der Waals surface area contributed by atoms with E-state index < -0.39 is 17.8 Å². The Bertz CT molecular complexity index is 696. The summed E-state index contributed by atoms with van der Waals surface area (Å²) in [6.45, 7) is 6.27. The van der Waals surface area contributed by atoms with Crippen molar-refractivity contribution in [3.05, 3.63) is 53.4 Å². The fourth-order valence-corrected chi connectivity index (χ4v) is 4.83. The molecule has 2 atom stereocenters. The number of benzene rings is 1. The van der Waals surface area contributed by atoms with Crippen LogP contribution in [0.5, 0.6) is 0 Å². The summed E-state index contributed by atoms with van der Waals surface area (Å²) in [6, 6.07) is 3.32. The topological polar surface area (TPSA) is 9.23 Å². The van der Waals surface area contributed by atoms with Crippen molar-refractivity contribution < 1.29 is 17.9 Å². The van der Waals surface area contributed by atoms with Crippen molar-refractivity contribution in [2.75, 3.05) is 6.61 Å². The van der Waals surface area contributed by atoms with Gasteiger partial charge in [-0.05, 0) is 61.5 Å². The van der Waals surface area contributed by atoms with Crippen molar-refractivity contribution in [2.24, 2.45) is 11.8 Å². The Morgan fingerprint density at radius 2 is 1.90 bits per heavy atom. The number of hydrogen-bond donors (Lipinski definition) is 0. The van der Waals surface area contributed by atoms with Crippen molar-refractivity contribution in [2.45, 2.75) is 76.7 Å². The van der Waals surface area contributed by atoms with Gasteiger partial charge in [-0.2, -0.15) is 0 Å². The van der Waals surface area contributed by atoms with E-state index in [9.17, 15) is 8.78 Å². The number of hydrogen-bond acceptors (Lipinski definition) is 1. The van der Waals surface area contributed by atoms with Crippen LogP contribution in [0.1, 0.15) is 87.3 Å². The maximum atomic E-state index is 15.1. The average Bonchev–Trinajstić information content (AvgIpc) is 2.73. The average molecular weight is 407 g/mol. The summed E-state index contributed by atoms with van der Waals surface area (Å²) >= 11 is 0. The predicted octanol–water partition coefficient (Wildman–Crippen LogP) is 7.83. The molecule has 0 radical (unpaired) electrons. The van der Waals surface area contributed by atoms with E-state index >= 15 is 4.39 Å². The molecule has 1 saturated heterocycles. The van der Waals surface area contributed by atoms with E-state index in [1.165, 1.54) is 25.7 Å². The minimum atomic E-state index is -2.83. The molecular formula is C25H33F3O. The molecular weight excluding hydrogens is 373 g/mol. The van der Waals surface area contributed by atoms with Gasteiger partial charge in [0.1, 0.15) is 5.82 Å². The molecule has 0 aromatic heterocycles. The van der Waals surface area contributed by atoms with Gasteiger partial charge in [0.05, 0.1) is 18.3 Å². The van der Waals surface area contributed by atoms with Crippen LogP contribution in [0.4, 0.5) is 13.2 Å². The normalized spacial score (nSPS) is 28.2. The van der Waals surface area contributed by atoms with Gasteiger partial charge in [-0.3, -0.25) is 0 Å². The second kappa shape index (κ2) is 10.5. The van der Waals surface area contributed by atoms with Crippen LogP contribution in [-0.2, 0) is 4.74 Å². The lowest BCUT2D eigenvalue weighted by molar-refractivity contribution is 0.0319.